The smallest absolute Gasteiger partial charge is 0.180 e. The first-order valence-electron chi connectivity index (χ1n) is 5.47. The van der Waals surface area contributed by atoms with Gasteiger partial charge in [0.1, 0.15) is 17.7 Å². The van der Waals surface area contributed by atoms with E-state index in [4.69, 9.17) is 0 Å². The Labute approximate surface area is 103 Å². The molecule has 3 aromatic heterocycles. The van der Waals surface area contributed by atoms with Crippen molar-refractivity contribution in [2.45, 2.75) is 6.54 Å². The summed E-state index contributed by atoms with van der Waals surface area (Å²) in [6, 6.07) is 3.75. The highest BCUT2D eigenvalue weighted by molar-refractivity contribution is 5.71. The summed E-state index contributed by atoms with van der Waals surface area (Å²) in [5, 5.41) is 11.0. The van der Waals surface area contributed by atoms with E-state index >= 15 is 0 Å². The van der Waals surface area contributed by atoms with E-state index in [1.165, 1.54) is 0 Å². The first-order valence-corrected chi connectivity index (χ1v) is 5.47. The summed E-state index contributed by atoms with van der Waals surface area (Å²) in [6.45, 7) is 0.565. The van der Waals surface area contributed by atoms with Gasteiger partial charge in [-0.2, -0.15) is 0 Å². The minimum atomic E-state index is 0.565. The zero-order valence-electron chi connectivity index (χ0n) is 9.78. The van der Waals surface area contributed by atoms with Crippen molar-refractivity contribution in [2.24, 2.45) is 7.05 Å². The molecule has 3 rings (SSSR count). The Morgan fingerprint density at radius 1 is 1.22 bits per heavy atom. The van der Waals surface area contributed by atoms with Gasteiger partial charge in [-0.3, -0.25) is 4.98 Å². The molecule has 0 aromatic carbocycles. The second-order valence-electron chi connectivity index (χ2n) is 3.81. The molecule has 18 heavy (non-hydrogen) atoms. The Bertz CT molecular complexity index is 676. The Morgan fingerprint density at radius 3 is 2.94 bits per heavy atom. The molecule has 0 fully saturated rings. The molecule has 0 saturated heterocycles. The molecule has 0 aliphatic carbocycles. The van der Waals surface area contributed by atoms with Crippen LogP contribution in [0.3, 0.4) is 0 Å². The first kappa shape index (κ1) is 10.6. The predicted octanol–water partition coefficient (Wildman–Crippen LogP) is 0.765. The third kappa shape index (κ3) is 1.97. The number of nitrogens with zero attached hydrogens (tertiary/aromatic N) is 6. The molecule has 0 amide bonds. The number of hydrogen-bond acceptors (Lipinski definition) is 6. The van der Waals surface area contributed by atoms with Gasteiger partial charge in [-0.15, -0.1) is 10.2 Å². The summed E-state index contributed by atoms with van der Waals surface area (Å²) >= 11 is 0. The molecule has 0 saturated carbocycles. The second-order valence-corrected chi connectivity index (χ2v) is 3.81. The molecule has 0 spiro atoms. The van der Waals surface area contributed by atoms with E-state index in [1.54, 1.807) is 18.7 Å². The van der Waals surface area contributed by atoms with Gasteiger partial charge in [0.15, 0.2) is 11.5 Å². The van der Waals surface area contributed by atoms with Crippen molar-refractivity contribution in [3.05, 3.63) is 36.7 Å². The van der Waals surface area contributed by atoms with Crippen LogP contribution in [0.25, 0.3) is 11.2 Å². The molecular weight excluding hydrogens is 230 g/mol. The number of anilines is 1. The molecule has 3 heterocycles. The van der Waals surface area contributed by atoms with Gasteiger partial charge in [0.25, 0.3) is 0 Å². The van der Waals surface area contributed by atoms with Gasteiger partial charge in [-0.05, 0) is 12.1 Å². The zero-order chi connectivity index (χ0) is 12.4. The van der Waals surface area contributed by atoms with Crippen LogP contribution in [-0.4, -0.2) is 29.7 Å². The fourth-order valence-corrected chi connectivity index (χ4v) is 1.59. The van der Waals surface area contributed by atoms with Crippen LogP contribution in [-0.2, 0) is 13.6 Å². The predicted molar refractivity (Wildman–Crippen MR) is 65.7 cm³/mol. The van der Waals surface area contributed by atoms with E-state index in [0.29, 0.717) is 12.2 Å². The summed E-state index contributed by atoms with van der Waals surface area (Å²) in [6.07, 6.45) is 4.94. The molecule has 7 nitrogen and oxygen atoms in total. The third-order valence-corrected chi connectivity index (χ3v) is 2.56. The second kappa shape index (κ2) is 4.36. The number of pyridine rings is 1. The van der Waals surface area contributed by atoms with E-state index in [1.807, 2.05) is 23.7 Å². The van der Waals surface area contributed by atoms with Crippen LogP contribution < -0.4 is 5.32 Å². The number of rotatable bonds is 3. The van der Waals surface area contributed by atoms with Gasteiger partial charge in [0, 0.05) is 19.4 Å². The number of aromatic nitrogens is 6. The largest absolute Gasteiger partial charge is 0.363 e. The fourth-order valence-electron chi connectivity index (χ4n) is 1.59. The Balaban J connectivity index is 1.81. The van der Waals surface area contributed by atoms with Crippen LogP contribution >= 0.6 is 0 Å². The van der Waals surface area contributed by atoms with Gasteiger partial charge in [0.05, 0.1) is 6.54 Å². The maximum atomic E-state index is 4.36. The van der Waals surface area contributed by atoms with Crippen LogP contribution in [0, 0.1) is 0 Å². The summed E-state index contributed by atoms with van der Waals surface area (Å²) in [7, 11) is 1.90. The lowest BCUT2D eigenvalue weighted by Gasteiger charge is -2.05. The molecule has 0 atom stereocenters. The molecule has 0 unspecified atom stereocenters. The highest BCUT2D eigenvalue weighted by Gasteiger charge is 2.02. The summed E-state index contributed by atoms with van der Waals surface area (Å²) in [4.78, 5) is 12.7. The average molecular weight is 241 g/mol. The molecule has 1 N–H and O–H groups in total. The van der Waals surface area contributed by atoms with E-state index in [0.717, 1.165) is 17.2 Å². The first-order chi connectivity index (χ1) is 8.83. The Kier molecular flexibility index (Phi) is 2.56. The van der Waals surface area contributed by atoms with Crippen LogP contribution in [0.4, 0.5) is 5.82 Å². The van der Waals surface area contributed by atoms with Crippen LogP contribution in [0.5, 0.6) is 0 Å². The fraction of sp³-hybridized carbons (Fsp3) is 0.182. The van der Waals surface area contributed by atoms with Crippen LogP contribution in [0.1, 0.15) is 5.82 Å². The van der Waals surface area contributed by atoms with Gasteiger partial charge < -0.3 is 9.88 Å². The lowest BCUT2D eigenvalue weighted by atomic mass is 10.4. The van der Waals surface area contributed by atoms with E-state index in [-0.39, 0.29) is 0 Å². The monoisotopic (exact) mass is 241 g/mol. The number of fused-ring (bicyclic) bond motifs is 1. The molecule has 7 heteroatoms. The van der Waals surface area contributed by atoms with Gasteiger partial charge >= 0.3 is 0 Å². The van der Waals surface area contributed by atoms with Gasteiger partial charge in [0.2, 0.25) is 0 Å². The topological polar surface area (TPSA) is 81.4 Å². The zero-order valence-corrected chi connectivity index (χ0v) is 9.78. The minimum Gasteiger partial charge on any atom is -0.363 e. The molecule has 0 aliphatic rings. The number of nitrogens with one attached hydrogen (secondary N) is 1. The number of hydrogen-bond donors (Lipinski definition) is 1. The lowest BCUT2D eigenvalue weighted by Crippen LogP contribution is -2.07. The van der Waals surface area contributed by atoms with Gasteiger partial charge in [-0.25, -0.2) is 9.97 Å². The summed E-state index contributed by atoms with van der Waals surface area (Å²) < 4.78 is 1.86. The van der Waals surface area contributed by atoms with Crippen molar-refractivity contribution >= 4 is 17.0 Å². The van der Waals surface area contributed by atoms with Crippen molar-refractivity contribution in [2.75, 3.05) is 5.32 Å². The summed E-state index contributed by atoms with van der Waals surface area (Å²) in [5.41, 5.74) is 1.40. The van der Waals surface area contributed by atoms with Crippen molar-refractivity contribution in [3.63, 3.8) is 0 Å². The lowest BCUT2D eigenvalue weighted by molar-refractivity contribution is 0.810. The molecule has 0 aliphatic heterocycles. The molecule has 3 aromatic rings. The quantitative estimate of drug-likeness (QED) is 0.729. The van der Waals surface area contributed by atoms with Gasteiger partial charge in [-0.1, -0.05) is 0 Å². The maximum Gasteiger partial charge on any atom is 0.180 e. The normalized spacial score (nSPS) is 10.7. The Morgan fingerprint density at radius 2 is 2.11 bits per heavy atom. The standard InChI is InChI=1S/C11H11N7/c1-18-7-15-17-10(18)6-14-9-3-2-8-11(16-9)13-5-4-12-8/h2-5,7H,6H2,1H3,(H,13,14,16). The highest BCUT2D eigenvalue weighted by atomic mass is 15.3. The van der Waals surface area contributed by atoms with Crippen molar-refractivity contribution < 1.29 is 0 Å². The number of aryl methyl sites for hydroxylation is 1. The summed E-state index contributed by atoms with van der Waals surface area (Å²) in [5.74, 6) is 1.59. The highest BCUT2D eigenvalue weighted by Crippen LogP contribution is 2.10. The average Bonchev–Trinajstić information content (AvgIpc) is 2.82. The van der Waals surface area contributed by atoms with Crippen LogP contribution in [0.2, 0.25) is 0 Å². The third-order valence-electron chi connectivity index (χ3n) is 2.56. The molecule has 90 valence electrons. The van der Waals surface area contributed by atoms with Crippen molar-refractivity contribution in [1.82, 2.24) is 29.7 Å². The van der Waals surface area contributed by atoms with Crippen LogP contribution in [0.15, 0.2) is 30.9 Å². The molecule has 0 bridgehead atoms. The Hall–Kier alpha value is -2.57. The molecule has 0 radical (unpaired) electrons. The van der Waals surface area contributed by atoms with E-state index in [9.17, 15) is 0 Å². The van der Waals surface area contributed by atoms with E-state index in [2.05, 4.69) is 30.5 Å². The van der Waals surface area contributed by atoms with Crippen molar-refractivity contribution in [1.29, 1.82) is 0 Å². The maximum absolute atomic E-state index is 4.36. The molecular formula is C11H11N7. The van der Waals surface area contributed by atoms with Crippen molar-refractivity contribution in [3.8, 4) is 0 Å². The SMILES string of the molecule is Cn1cnnc1CNc1ccc2nccnc2n1. The van der Waals surface area contributed by atoms with E-state index < -0.39 is 0 Å². The minimum absolute atomic E-state index is 0.565.